The van der Waals surface area contributed by atoms with Gasteiger partial charge in [0.15, 0.2) is 0 Å². The minimum Gasteiger partial charge on any atom is -0.325 e. The van der Waals surface area contributed by atoms with Crippen molar-refractivity contribution in [3.05, 3.63) is 36.5 Å². The van der Waals surface area contributed by atoms with Crippen LogP contribution in [-0.4, -0.2) is 16.6 Å². The number of hydrogen-bond acceptors (Lipinski definition) is 3. The number of nitrogens with zero attached hydrogens (tertiary/aromatic N) is 1. The first kappa shape index (κ1) is 9.98. The van der Waals surface area contributed by atoms with E-state index in [2.05, 4.69) is 22.9 Å². The third-order valence-electron chi connectivity index (χ3n) is 2.06. The molecule has 0 aliphatic rings. The van der Waals surface area contributed by atoms with Crippen LogP contribution in [0.3, 0.4) is 0 Å². The molecule has 0 bridgehead atoms. The summed E-state index contributed by atoms with van der Waals surface area (Å²) in [5, 5.41) is 3.72. The molecule has 0 unspecified atom stereocenters. The summed E-state index contributed by atoms with van der Waals surface area (Å²) in [6.45, 7) is 0. The number of benzene rings is 1. The minimum atomic E-state index is -0.116. The third-order valence-corrected chi connectivity index (χ3v) is 2.35. The molecule has 2 aromatic rings. The molecule has 0 aliphatic carbocycles. The number of pyridine rings is 1. The lowest BCUT2D eigenvalue weighted by molar-refractivity contribution is -0.113. The van der Waals surface area contributed by atoms with E-state index in [1.54, 1.807) is 6.20 Å². The van der Waals surface area contributed by atoms with Crippen molar-refractivity contribution in [2.75, 3.05) is 11.1 Å². The normalized spacial score (nSPS) is 10.2. The standard InChI is InChI=1S/C11H10N2OS/c14-11(7-15)13-10-5-1-4-9-8(10)3-2-6-12-9/h1-6,15H,7H2,(H,13,14). The highest BCUT2D eigenvalue weighted by atomic mass is 32.1. The van der Waals surface area contributed by atoms with Crippen LogP contribution in [0.15, 0.2) is 36.5 Å². The summed E-state index contributed by atoms with van der Waals surface area (Å²) in [6.07, 6.45) is 1.73. The van der Waals surface area contributed by atoms with E-state index in [0.717, 1.165) is 16.6 Å². The van der Waals surface area contributed by atoms with Crippen molar-refractivity contribution >= 4 is 35.1 Å². The number of amides is 1. The Morgan fingerprint density at radius 2 is 2.20 bits per heavy atom. The number of rotatable bonds is 2. The van der Waals surface area contributed by atoms with Crippen LogP contribution >= 0.6 is 12.6 Å². The average molecular weight is 218 g/mol. The Morgan fingerprint density at radius 1 is 1.33 bits per heavy atom. The second-order valence-electron chi connectivity index (χ2n) is 3.08. The first-order valence-corrected chi connectivity index (χ1v) is 5.19. The van der Waals surface area contributed by atoms with E-state index in [1.165, 1.54) is 0 Å². The molecule has 0 spiro atoms. The van der Waals surface area contributed by atoms with Crippen LogP contribution in [0.25, 0.3) is 10.9 Å². The molecule has 2 rings (SSSR count). The van der Waals surface area contributed by atoms with Gasteiger partial charge in [0.25, 0.3) is 0 Å². The quantitative estimate of drug-likeness (QED) is 0.758. The Balaban J connectivity index is 2.46. The monoisotopic (exact) mass is 218 g/mol. The predicted octanol–water partition coefficient (Wildman–Crippen LogP) is 2.10. The number of anilines is 1. The van der Waals surface area contributed by atoms with Gasteiger partial charge in [0.2, 0.25) is 5.91 Å². The SMILES string of the molecule is O=C(CS)Nc1cccc2ncccc12. The molecule has 0 aliphatic heterocycles. The van der Waals surface area contributed by atoms with Crippen molar-refractivity contribution in [1.29, 1.82) is 0 Å². The van der Waals surface area contributed by atoms with Gasteiger partial charge in [-0.1, -0.05) is 6.07 Å². The largest absolute Gasteiger partial charge is 0.325 e. The number of fused-ring (bicyclic) bond motifs is 1. The van der Waals surface area contributed by atoms with Crippen LogP contribution < -0.4 is 5.32 Å². The van der Waals surface area contributed by atoms with Crippen LogP contribution in [0.4, 0.5) is 5.69 Å². The fraction of sp³-hybridized carbons (Fsp3) is 0.0909. The van der Waals surface area contributed by atoms with Crippen LogP contribution in [0.5, 0.6) is 0 Å². The molecule has 1 aromatic heterocycles. The minimum absolute atomic E-state index is 0.116. The van der Waals surface area contributed by atoms with Gasteiger partial charge >= 0.3 is 0 Å². The smallest absolute Gasteiger partial charge is 0.234 e. The van der Waals surface area contributed by atoms with Crippen molar-refractivity contribution < 1.29 is 4.79 Å². The van der Waals surface area contributed by atoms with Crippen LogP contribution in [0.2, 0.25) is 0 Å². The molecule has 0 saturated carbocycles. The van der Waals surface area contributed by atoms with Gasteiger partial charge in [0, 0.05) is 11.6 Å². The Hall–Kier alpha value is -1.55. The number of carbonyl (C=O) groups excluding carboxylic acids is 1. The van der Waals surface area contributed by atoms with Crippen molar-refractivity contribution in [3.63, 3.8) is 0 Å². The van der Waals surface area contributed by atoms with Gasteiger partial charge < -0.3 is 5.32 Å². The molecule has 0 saturated heterocycles. The maximum Gasteiger partial charge on any atom is 0.234 e. The number of nitrogens with one attached hydrogen (secondary N) is 1. The molecular weight excluding hydrogens is 208 g/mol. The highest BCUT2D eigenvalue weighted by Crippen LogP contribution is 2.20. The second kappa shape index (κ2) is 4.31. The molecule has 1 N–H and O–H groups in total. The Morgan fingerprint density at radius 3 is 3.00 bits per heavy atom. The topological polar surface area (TPSA) is 42.0 Å². The maximum absolute atomic E-state index is 11.2. The zero-order chi connectivity index (χ0) is 10.7. The summed E-state index contributed by atoms with van der Waals surface area (Å²) in [6, 6.07) is 9.40. The van der Waals surface area contributed by atoms with E-state index in [9.17, 15) is 4.79 Å². The molecule has 1 aromatic carbocycles. The zero-order valence-electron chi connectivity index (χ0n) is 7.97. The van der Waals surface area contributed by atoms with Crippen LogP contribution in [0, 0.1) is 0 Å². The summed E-state index contributed by atoms with van der Waals surface area (Å²) in [7, 11) is 0. The molecule has 15 heavy (non-hydrogen) atoms. The van der Waals surface area contributed by atoms with Crippen LogP contribution in [0.1, 0.15) is 0 Å². The lowest BCUT2D eigenvalue weighted by atomic mass is 10.2. The predicted molar refractivity (Wildman–Crippen MR) is 64.2 cm³/mol. The molecule has 3 nitrogen and oxygen atoms in total. The van der Waals surface area contributed by atoms with Gasteiger partial charge in [0.05, 0.1) is 17.0 Å². The van der Waals surface area contributed by atoms with Gasteiger partial charge in [-0.2, -0.15) is 12.6 Å². The molecule has 4 heteroatoms. The average Bonchev–Trinajstić information content (AvgIpc) is 2.29. The Labute approximate surface area is 92.9 Å². The van der Waals surface area contributed by atoms with Crippen molar-refractivity contribution in [1.82, 2.24) is 4.98 Å². The first-order valence-electron chi connectivity index (χ1n) is 4.56. The number of thiol groups is 1. The van der Waals surface area contributed by atoms with E-state index in [-0.39, 0.29) is 11.7 Å². The van der Waals surface area contributed by atoms with E-state index < -0.39 is 0 Å². The molecule has 0 atom stereocenters. The van der Waals surface area contributed by atoms with E-state index in [4.69, 9.17) is 0 Å². The van der Waals surface area contributed by atoms with Gasteiger partial charge in [0.1, 0.15) is 0 Å². The van der Waals surface area contributed by atoms with Gasteiger partial charge in [-0.3, -0.25) is 9.78 Å². The number of carbonyl (C=O) groups is 1. The lowest BCUT2D eigenvalue weighted by Crippen LogP contribution is -2.12. The number of hydrogen-bond donors (Lipinski definition) is 2. The zero-order valence-corrected chi connectivity index (χ0v) is 8.87. The van der Waals surface area contributed by atoms with E-state index in [0.29, 0.717) is 0 Å². The maximum atomic E-state index is 11.2. The summed E-state index contributed by atoms with van der Waals surface area (Å²) < 4.78 is 0. The van der Waals surface area contributed by atoms with Gasteiger partial charge in [-0.25, -0.2) is 0 Å². The first-order chi connectivity index (χ1) is 7.31. The molecule has 0 radical (unpaired) electrons. The summed E-state index contributed by atoms with van der Waals surface area (Å²) in [5.41, 5.74) is 1.65. The highest BCUT2D eigenvalue weighted by molar-refractivity contribution is 7.81. The van der Waals surface area contributed by atoms with Crippen molar-refractivity contribution in [2.45, 2.75) is 0 Å². The van der Waals surface area contributed by atoms with Gasteiger partial charge in [-0.15, -0.1) is 0 Å². The van der Waals surface area contributed by atoms with Gasteiger partial charge in [-0.05, 0) is 24.3 Å². The molecular formula is C11H10N2OS. The van der Waals surface area contributed by atoms with Crippen molar-refractivity contribution in [3.8, 4) is 0 Å². The summed E-state index contributed by atoms with van der Waals surface area (Å²) >= 11 is 3.91. The van der Waals surface area contributed by atoms with E-state index >= 15 is 0 Å². The summed E-state index contributed by atoms with van der Waals surface area (Å²) in [5.74, 6) is 0.0612. The third kappa shape index (κ3) is 2.10. The molecule has 1 amide bonds. The lowest BCUT2D eigenvalue weighted by Gasteiger charge is -2.06. The number of aromatic nitrogens is 1. The van der Waals surface area contributed by atoms with Crippen LogP contribution in [-0.2, 0) is 4.79 Å². The molecule has 76 valence electrons. The Bertz CT molecular complexity index is 493. The molecule has 0 fully saturated rings. The summed E-state index contributed by atoms with van der Waals surface area (Å²) in [4.78, 5) is 15.4. The molecule has 1 heterocycles. The van der Waals surface area contributed by atoms with E-state index in [1.807, 2.05) is 30.3 Å². The Kier molecular flexibility index (Phi) is 2.87. The second-order valence-corrected chi connectivity index (χ2v) is 3.40. The fourth-order valence-corrected chi connectivity index (χ4v) is 1.48. The van der Waals surface area contributed by atoms with Crippen molar-refractivity contribution in [2.24, 2.45) is 0 Å². The highest BCUT2D eigenvalue weighted by Gasteiger charge is 2.03. The fourth-order valence-electron chi connectivity index (χ4n) is 1.40.